The van der Waals surface area contributed by atoms with Gasteiger partial charge in [-0.05, 0) is 71.2 Å². The Bertz CT molecular complexity index is 616. The van der Waals surface area contributed by atoms with Crippen LogP contribution in [0.2, 0.25) is 0 Å². The van der Waals surface area contributed by atoms with Gasteiger partial charge in [0, 0.05) is 12.6 Å². The highest BCUT2D eigenvalue weighted by Crippen LogP contribution is 2.27. The van der Waals surface area contributed by atoms with E-state index in [2.05, 4.69) is 35.1 Å². The van der Waals surface area contributed by atoms with Crippen molar-refractivity contribution in [3.8, 4) is 11.5 Å². The molecule has 2 rings (SSSR count). The van der Waals surface area contributed by atoms with Crippen LogP contribution in [-0.4, -0.2) is 6.54 Å². The lowest BCUT2D eigenvalue weighted by molar-refractivity contribution is 0.475. The Morgan fingerprint density at radius 2 is 1.86 bits per heavy atom. The van der Waals surface area contributed by atoms with Gasteiger partial charge in [-0.3, -0.25) is 0 Å². The molecule has 0 aliphatic heterocycles. The third kappa shape index (κ3) is 4.55. The average Bonchev–Trinajstić information content (AvgIpc) is 2.45. The number of rotatable bonds is 6. The Labute approximate surface area is 133 Å². The van der Waals surface area contributed by atoms with Crippen molar-refractivity contribution in [2.75, 3.05) is 6.54 Å². The summed E-state index contributed by atoms with van der Waals surface area (Å²) < 4.78 is 19.6. The minimum atomic E-state index is -0.329. The Kier molecular flexibility index (Phi) is 5.76. The third-order valence-corrected chi connectivity index (χ3v) is 3.83. The Morgan fingerprint density at radius 1 is 1.14 bits per heavy atom. The molecule has 0 spiro atoms. The number of ether oxygens (including phenoxy) is 1. The van der Waals surface area contributed by atoms with Gasteiger partial charge in [0.1, 0.15) is 17.3 Å². The van der Waals surface area contributed by atoms with Crippen LogP contribution in [0.4, 0.5) is 4.39 Å². The maximum Gasteiger partial charge on any atom is 0.141 e. The maximum absolute atomic E-state index is 13.5. The van der Waals surface area contributed by atoms with E-state index in [-0.39, 0.29) is 5.82 Å². The van der Waals surface area contributed by atoms with E-state index in [0.29, 0.717) is 16.0 Å². The van der Waals surface area contributed by atoms with E-state index in [4.69, 9.17) is 4.74 Å². The van der Waals surface area contributed by atoms with Crippen molar-refractivity contribution >= 4 is 15.9 Å². The van der Waals surface area contributed by atoms with E-state index in [1.807, 2.05) is 18.2 Å². The first-order valence-corrected chi connectivity index (χ1v) is 7.82. The molecule has 0 unspecified atom stereocenters. The maximum atomic E-state index is 13.5. The lowest BCUT2D eigenvalue weighted by Gasteiger charge is -2.11. The first kappa shape index (κ1) is 16.0. The first-order valence-electron chi connectivity index (χ1n) is 7.03. The number of aryl methyl sites for hydroxylation is 1. The monoisotopic (exact) mass is 351 g/mol. The molecule has 0 aliphatic rings. The molecule has 0 saturated heterocycles. The molecule has 0 radical (unpaired) electrons. The van der Waals surface area contributed by atoms with E-state index in [1.54, 1.807) is 12.1 Å². The van der Waals surface area contributed by atoms with Gasteiger partial charge in [-0.2, -0.15) is 0 Å². The number of nitrogens with one attached hydrogen (secondary N) is 1. The van der Waals surface area contributed by atoms with Crippen molar-refractivity contribution in [3.05, 3.63) is 57.8 Å². The van der Waals surface area contributed by atoms with Gasteiger partial charge in [-0.25, -0.2) is 4.39 Å². The molecule has 21 heavy (non-hydrogen) atoms. The summed E-state index contributed by atoms with van der Waals surface area (Å²) in [6.45, 7) is 6.06. The van der Waals surface area contributed by atoms with E-state index in [0.717, 1.165) is 25.1 Å². The molecule has 0 atom stereocenters. The molecule has 4 heteroatoms. The number of halogens is 2. The van der Waals surface area contributed by atoms with Gasteiger partial charge in [0.15, 0.2) is 0 Å². The summed E-state index contributed by atoms with van der Waals surface area (Å²) in [5, 5.41) is 3.38. The summed E-state index contributed by atoms with van der Waals surface area (Å²) in [7, 11) is 0. The quantitative estimate of drug-likeness (QED) is 0.723. The van der Waals surface area contributed by atoms with Crippen LogP contribution >= 0.6 is 15.9 Å². The van der Waals surface area contributed by atoms with E-state index >= 15 is 0 Å². The van der Waals surface area contributed by atoms with Crippen LogP contribution in [0.15, 0.2) is 40.9 Å². The minimum Gasteiger partial charge on any atom is -0.457 e. The Hall–Kier alpha value is -1.39. The van der Waals surface area contributed by atoms with Gasteiger partial charge in [-0.15, -0.1) is 0 Å². The molecule has 0 aliphatic carbocycles. The van der Waals surface area contributed by atoms with Gasteiger partial charge < -0.3 is 10.1 Å². The summed E-state index contributed by atoms with van der Waals surface area (Å²) in [5.41, 5.74) is 2.41. The van der Waals surface area contributed by atoms with Crippen molar-refractivity contribution in [1.29, 1.82) is 0 Å². The summed E-state index contributed by atoms with van der Waals surface area (Å²) in [6, 6.07) is 10.7. The number of hydrogen-bond donors (Lipinski definition) is 1. The molecule has 0 saturated carbocycles. The Balaban J connectivity index is 2.07. The van der Waals surface area contributed by atoms with Crippen LogP contribution in [0.1, 0.15) is 24.5 Å². The van der Waals surface area contributed by atoms with Crippen LogP contribution in [0.25, 0.3) is 0 Å². The lowest BCUT2D eigenvalue weighted by Crippen LogP contribution is -2.14. The largest absolute Gasteiger partial charge is 0.457 e. The SMILES string of the molecule is CCCNCc1ccc(Oc2ccc(Br)c(F)c2)cc1C. The minimum absolute atomic E-state index is 0.329. The third-order valence-electron chi connectivity index (χ3n) is 3.18. The van der Waals surface area contributed by atoms with Crippen LogP contribution < -0.4 is 10.1 Å². The normalized spacial score (nSPS) is 10.7. The summed E-state index contributed by atoms with van der Waals surface area (Å²) in [5.74, 6) is 0.880. The first-order chi connectivity index (χ1) is 10.1. The molecule has 2 aromatic carbocycles. The average molecular weight is 352 g/mol. The van der Waals surface area contributed by atoms with E-state index in [1.165, 1.54) is 11.6 Å². The fourth-order valence-corrected chi connectivity index (χ4v) is 2.25. The smallest absolute Gasteiger partial charge is 0.141 e. The van der Waals surface area contributed by atoms with Crippen LogP contribution in [-0.2, 0) is 6.54 Å². The highest BCUT2D eigenvalue weighted by molar-refractivity contribution is 9.10. The predicted molar refractivity (Wildman–Crippen MR) is 87.4 cm³/mol. The fraction of sp³-hybridized carbons (Fsp3) is 0.294. The van der Waals surface area contributed by atoms with Crippen molar-refractivity contribution in [3.63, 3.8) is 0 Å². The van der Waals surface area contributed by atoms with Gasteiger partial charge in [0.25, 0.3) is 0 Å². The topological polar surface area (TPSA) is 21.3 Å². The molecule has 0 heterocycles. The Morgan fingerprint density at radius 3 is 2.52 bits per heavy atom. The second-order valence-corrected chi connectivity index (χ2v) is 5.80. The molecule has 0 fully saturated rings. The van der Waals surface area contributed by atoms with Crippen LogP contribution in [0, 0.1) is 12.7 Å². The summed E-state index contributed by atoms with van der Waals surface area (Å²) >= 11 is 3.13. The predicted octanol–water partition coefficient (Wildman–Crippen LogP) is 5.19. The number of benzene rings is 2. The second kappa shape index (κ2) is 7.57. The van der Waals surface area contributed by atoms with Crippen molar-refractivity contribution < 1.29 is 9.13 Å². The fourth-order valence-electron chi connectivity index (χ4n) is 2.01. The highest BCUT2D eigenvalue weighted by atomic mass is 79.9. The molecule has 2 nitrogen and oxygen atoms in total. The van der Waals surface area contributed by atoms with Gasteiger partial charge in [0.2, 0.25) is 0 Å². The molecule has 0 bridgehead atoms. The molecule has 2 aromatic rings. The zero-order valence-electron chi connectivity index (χ0n) is 12.2. The highest BCUT2D eigenvalue weighted by Gasteiger charge is 2.05. The number of hydrogen-bond acceptors (Lipinski definition) is 2. The molecular weight excluding hydrogens is 333 g/mol. The summed E-state index contributed by atoms with van der Waals surface area (Å²) in [4.78, 5) is 0. The molecule has 112 valence electrons. The van der Waals surface area contributed by atoms with E-state index in [9.17, 15) is 4.39 Å². The molecular formula is C17H19BrFNO. The van der Waals surface area contributed by atoms with Crippen molar-refractivity contribution in [2.24, 2.45) is 0 Å². The molecule has 0 amide bonds. The van der Waals surface area contributed by atoms with Crippen molar-refractivity contribution in [1.82, 2.24) is 5.32 Å². The van der Waals surface area contributed by atoms with Crippen LogP contribution in [0.3, 0.4) is 0 Å². The zero-order valence-corrected chi connectivity index (χ0v) is 13.8. The van der Waals surface area contributed by atoms with E-state index < -0.39 is 0 Å². The second-order valence-electron chi connectivity index (χ2n) is 4.94. The van der Waals surface area contributed by atoms with Gasteiger partial charge in [-0.1, -0.05) is 13.0 Å². The van der Waals surface area contributed by atoms with Gasteiger partial charge in [0.05, 0.1) is 4.47 Å². The molecule has 0 aromatic heterocycles. The van der Waals surface area contributed by atoms with Crippen molar-refractivity contribution in [2.45, 2.75) is 26.8 Å². The van der Waals surface area contributed by atoms with Crippen LogP contribution in [0.5, 0.6) is 11.5 Å². The summed E-state index contributed by atoms with van der Waals surface area (Å²) in [6.07, 6.45) is 1.12. The lowest BCUT2D eigenvalue weighted by atomic mass is 10.1. The molecule has 1 N–H and O–H groups in total. The standard InChI is InChI=1S/C17H19BrFNO/c1-3-8-20-11-13-4-5-14(9-12(13)2)21-15-6-7-16(18)17(19)10-15/h4-7,9-10,20H,3,8,11H2,1-2H3. The van der Waals surface area contributed by atoms with Gasteiger partial charge >= 0.3 is 0 Å². The zero-order chi connectivity index (χ0) is 15.2.